The Balaban J connectivity index is 2.36. The van der Waals surface area contributed by atoms with Gasteiger partial charge in [-0.25, -0.2) is 0 Å². The van der Waals surface area contributed by atoms with Crippen LogP contribution < -0.4 is 5.32 Å². The molecule has 0 fully saturated rings. The van der Waals surface area contributed by atoms with Gasteiger partial charge in [-0.1, -0.05) is 29.8 Å². The lowest BCUT2D eigenvalue weighted by Gasteiger charge is -2.12. The minimum atomic E-state index is -4.44. The van der Waals surface area contributed by atoms with E-state index >= 15 is 0 Å². The van der Waals surface area contributed by atoms with E-state index in [1.54, 1.807) is 18.2 Å². The Hall–Kier alpha value is -1.78. The fourth-order valence-corrected chi connectivity index (χ4v) is 1.72. The van der Waals surface area contributed by atoms with Crippen LogP contribution in [0, 0.1) is 6.92 Å². The Morgan fingerprint density at radius 3 is 2.53 bits per heavy atom. The van der Waals surface area contributed by atoms with Gasteiger partial charge in [0.15, 0.2) is 0 Å². The third-order valence-corrected chi connectivity index (χ3v) is 2.55. The van der Waals surface area contributed by atoms with Gasteiger partial charge in [0.25, 0.3) is 5.91 Å². The smallest absolute Gasteiger partial charge is 0.337 e. The Bertz CT molecular complexity index is 491. The fraction of sp³-hybridized carbons (Fsp3) is 0.250. The fourth-order valence-electron chi connectivity index (χ4n) is 1.72. The first-order valence-corrected chi connectivity index (χ1v) is 5.04. The SMILES string of the molecule is Cc1cccc(C2=C[C@H](C(F)(F)F)NC2=O)c1. The molecule has 1 atom stereocenters. The summed E-state index contributed by atoms with van der Waals surface area (Å²) < 4.78 is 37.3. The summed E-state index contributed by atoms with van der Waals surface area (Å²) in [6.07, 6.45) is -3.52. The van der Waals surface area contributed by atoms with Crippen molar-refractivity contribution in [3.05, 3.63) is 41.5 Å². The minimum Gasteiger partial charge on any atom is -0.337 e. The molecule has 5 heteroatoms. The zero-order valence-corrected chi connectivity index (χ0v) is 9.01. The summed E-state index contributed by atoms with van der Waals surface area (Å²) in [5.41, 5.74) is 1.48. The number of alkyl halides is 3. The highest BCUT2D eigenvalue weighted by Gasteiger charge is 2.43. The van der Waals surface area contributed by atoms with Crippen molar-refractivity contribution in [3.63, 3.8) is 0 Å². The molecular weight excluding hydrogens is 231 g/mol. The van der Waals surface area contributed by atoms with Gasteiger partial charge in [-0.05, 0) is 18.6 Å². The Morgan fingerprint density at radius 1 is 1.29 bits per heavy atom. The van der Waals surface area contributed by atoms with Gasteiger partial charge < -0.3 is 5.32 Å². The Labute approximate surface area is 96.1 Å². The highest BCUT2D eigenvalue weighted by molar-refractivity contribution is 6.21. The number of rotatable bonds is 1. The molecule has 0 aromatic heterocycles. The first-order chi connectivity index (χ1) is 7.88. The van der Waals surface area contributed by atoms with E-state index in [0.717, 1.165) is 11.6 Å². The molecule has 1 N–H and O–H groups in total. The summed E-state index contributed by atoms with van der Waals surface area (Å²) in [6, 6.07) is 4.95. The van der Waals surface area contributed by atoms with E-state index in [4.69, 9.17) is 0 Å². The summed E-state index contributed by atoms with van der Waals surface area (Å²) in [5, 5.41) is 1.91. The lowest BCUT2D eigenvalue weighted by molar-refractivity contribution is -0.148. The van der Waals surface area contributed by atoms with Crippen LogP contribution in [-0.4, -0.2) is 18.1 Å². The van der Waals surface area contributed by atoms with Crippen molar-refractivity contribution < 1.29 is 18.0 Å². The predicted molar refractivity (Wildman–Crippen MR) is 57.1 cm³/mol. The van der Waals surface area contributed by atoms with Crippen molar-refractivity contribution >= 4 is 11.5 Å². The third-order valence-electron chi connectivity index (χ3n) is 2.55. The molecule has 1 aliphatic heterocycles. The van der Waals surface area contributed by atoms with Crippen molar-refractivity contribution in [3.8, 4) is 0 Å². The lowest BCUT2D eigenvalue weighted by atomic mass is 10.0. The number of amides is 1. The maximum atomic E-state index is 12.4. The molecule has 90 valence electrons. The van der Waals surface area contributed by atoms with Gasteiger partial charge >= 0.3 is 6.18 Å². The van der Waals surface area contributed by atoms with Gasteiger partial charge in [-0.2, -0.15) is 13.2 Å². The molecule has 1 heterocycles. The number of carbonyl (C=O) groups excluding carboxylic acids is 1. The van der Waals surface area contributed by atoms with Crippen LogP contribution in [0.5, 0.6) is 0 Å². The summed E-state index contributed by atoms with van der Waals surface area (Å²) in [6.45, 7) is 1.82. The second-order valence-corrected chi connectivity index (χ2v) is 3.94. The average molecular weight is 241 g/mol. The quantitative estimate of drug-likeness (QED) is 0.803. The van der Waals surface area contributed by atoms with Gasteiger partial charge in [0.05, 0.1) is 0 Å². The van der Waals surface area contributed by atoms with Gasteiger partial charge in [0, 0.05) is 5.57 Å². The van der Waals surface area contributed by atoms with Crippen LogP contribution in [0.3, 0.4) is 0 Å². The van der Waals surface area contributed by atoms with Crippen LogP contribution in [0.4, 0.5) is 13.2 Å². The van der Waals surface area contributed by atoms with E-state index < -0.39 is 18.1 Å². The monoisotopic (exact) mass is 241 g/mol. The van der Waals surface area contributed by atoms with E-state index in [-0.39, 0.29) is 5.57 Å². The van der Waals surface area contributed by atoms with Crippen molar-refractivity contribution in [2.24, 2.45) is 0 Å². The molecule has 1 aromatic rings. The first-order valence-electron chi connectivity index (χ1n) is 5.04. The summed E-state index contributed by atoms with van der Waals surface area (Å²) in [7, 11) is 0. The molecule has 0 unspecified atom stereocenters. The lowest BCUT2D eigenvalue weighted by Crippen LogP contribution is -2.39. The Morgan fingerprint density at radius 2 is 2.00 bits per heavy atom. The molecule has 1 amide bonds. The summed E-state index contributed by atoms with van der Waals surface area (Å²) >= 11 is 0. The van der Waals surface area contributed by atoms with Crippen LogP contribution in [0.2, 0.25) is 0 Å². The number of carbonyl (C=O) groups is 1. The van der Waals surface area contributed by atoms with Gasteiger partial charge in [0.1, 0.15) is 6.04 Å². The topological polar surface area (TPSA) is 29.1 Å². The summed E-state index contributed by atoms with van der Waals surface area (Å²) in [5.74, 6) is -0.682. The van der Waals surface area contributed by atoms with E-state index in [1.165, 1.54) is 0 Å². The predicted octanol–water partition coefficient (Wildman–Crippen LogP) is 2.44. The molecule has 0 spiro atoms. The van der Waals surface area contributed by atoms with Gasteiger partial charge in [-0.3, -0.25) is 4.79 Å². The number of hydrogen-bond acceptors (Lipinski definition) is 1. The molecule has 0 aliphatic carbocycles. The summed E-state index contributed by atoms with van der Waals surface area (Å²) in [4.78, 5) is 11.5. The number of aryl methyl sites for hydroxylation is 1. The number of hydrogen-bond donors (Lipinski definition) is 1. The third kappa shape index (κ3) is 2.33. The molecule has 17 heavy (non-hydrogen) atoms. The molecule has 1 aromatic carbocycles. The minimum absolute atomic E-state index is 0.0797. The normalized spacial score (nSPS) is 20.1. The second kappa shape index (κ2) is 3.91. The molecule has 2 rings (SSSR count). The maximum absolute atomic E-state index is 12.4. The Kier molecular flexibility index (Phi) is 2.69. The molecule has 1 aliphatic rings. The largest absolute Gasteiger partial charge is 0.412 e. The van der Waals surface area contributed by atoms with E-state index in [0.29, 0.717) is 5.56 Å². The zero-order chi connectivity index (χ0) is 12.6. The highest BCUT2D eigenvalue weighted by atomic mass is 19.4. The molecule has 0 radical (unpaired) electrons. The van der Waals surface area contributed by atoms with Crippen LogP contribution in [0.25, 0.3) is 5.57 Å². The maximum Gasteiger partial charge on any atom is 0.412 e. The van der Waals surface area contributed by atoms with Crippen LogP contribution >= 0.6 is 0 Å². The van der Waals surface area contributed by atoms with Crippen LogP contribution in [0.15, 0.2) is 30.3 Å². The number of benzene rings is 1. The first kappa shape index (κ1) is 11.7. The molecule has 0 bridgehead atoms. The molecular formula is C12H10F3NO. The number of nitrogens with one attached hydrogen (secondary N) is 1. The zero-order valence-electron chi connectivity index (χ0n) is 9.01. The van der Waals surface area contributed by atoms with Crippen molar-refractivity contribution in [2.75, 3.05) is 0 Å². The van der Waals surface area contributed by atoms with E-state index in [2.05, 4.69) is 0 Å². The highest BCUT2D eigenvalue weighted by Crippen LogP contribution is 2.29. The van der Waals surface area contributed by atoms with Crippen molar-refractivity contribution in [1.29, 1.82) is 0 Å². The van der Waals surface area contributed by atoms with E-state index in [9.17, 15) is 18.0 Å². The van der Waals surface area contributed by atoms with Gasteiger partial charge in [0.2, 0.25) is 0 Å². The van der Waals surface area contributed by atoms with Crippen molar-refractivity contribution in [1.82, 2.24) is 5.32 Å². The average Bonchev–Trinajstić information content (AvgIpc) is 2.60. The number of halogens is 3. The van der Waals surface area contributed by atoms with E-state index in [1.807, 2.05) is 18.3 Å². The van der Waals surface area contributed by atoms with Gasteiger partial charge in [-0.15, -0.1) is 0 Å². The second-order valence-electron chi connectivity index (χ2n) is 3.94. The van der Waals surface area contributed by atoms with Crippen LogP contribution in [-0.2, 0) is 4.79 Å². The molecule has 2 nitrogen and oxygen atoms in total. The van der Waals surface area contributed by atoms with Crippen LogP contribution in [0.1, 0.15) is 11.1 Å². The molecule has 0 saturated carbocycles. The molecule has 0 saturated heterocycles. The van der Waals surface area contributed by atoms with Crippen molar-refractivity contribution in [2.45, 2.75) is 19.1 Å². The standard InChI is InChI=1S/C12H10F3NO/c1-7-3-2-4-8(5-7)9-6-10(12(13,14)15)16-11(9)17/h2-6,10H,1H3,(H,16,17)/t10-/m1/s1.